The highest BCUT2D eigenvalue weighted by Gasteiger charge is 2.13. The number of anilines is 2. The van der Waals surface area contributed by atoms with E-state index in [1.165, 1.54) is 11.8 Å². The summed E-state index contributed by atoms with van der Waals surface area (Å²) in [5.74, 6) is -0.497. The van der Waals surface area contributed by atoms with Crippen LogP contribution in [-0.4, -0.2) is 5.91 Å². The van der Waals surface area contributed by atoms with E-state index in [1.54, 1.807) is 24.3 Å². The number of carbonyl (C=O) groups is 1. The predicted octanol–water partition coefficient (Wildman–Crippen LogP) is 5.10. The van der Waals surface area contributed by atoms with Crippen molar-refractivity contribution in [3.05, 3.63) is 70.9 Å². The summed E-state index contributed by atoms with van der Waals surface area (Å²) in [6.45, 7) is 6.43. The van der Waals surface area contributed by atoms with Crippen LogP contribution in [0.1, 0.15) is 26.3 Å². The molecule has 5 heteroatoms. The Balaban J connectivity index is 2.07. The third kappa shape index (κ3) is 5.37. The van der Waals surface area contributed by atoms with Crippen molar-refractivity contribution in [3.63, 3.8) is 0 Å². The Bertz CT molecular complexity index is 827. The Morgan fingerprint density at radius 3 is 2.36 bits per heavy atom. The van der Waals surface area contributed by atoms with Crippen LogP contribution in [0.4, 0.5) is 11.4 Å². The molecule has 2 aromatic carbocycles. The molecule has 0 unspecified atom stereocenters. The monoisotopic (exact) mass is 353 g/mol. The molecule has 0 aromatic heterocycles. The smallest absolute Gasteiger partial charge is 0.267 e. The summed E-state index contributed by atoms with van der Waals surface area (Å²) in [5, 5.41) is 15.3. The zero-order valence-corrected chi connectivity index (χ0v) is 15.2. The lowest BCUT2D eigenvalue weighted by atomic mass is 9.87. The number of rotatable bonds is 4. The quantitative estimate of drug-likeness (QED) is 0.594. The molecule has 2 rings (SSSR count). The van der Waals surface area contributed by atoms with Crippen LogP contribution in [0.25, 0.3) is 0 Å². The van der Waals surface area contributed by atoms with Gasteiger partial charge in [-0.1, -0.05) is 50.6 Å². The number of hydrogen-bond donors (Lipinski definition) is 2. The van der Waals surface area contributed by atoms with Crippen molar-refractivity contribution < 1.29 is 4.79 Å². The number of hydrogen-bond acceptors (Lipinski definition) is 3. The summed E-state index contributed by atoms with van der Waals surface area (Å²) in [6.07, 6.45) is 1.39. The lowest BCUT2D eigenvalue weighted by Crippen LogP contribution is -2.14. The predicted molar refractivity (Wildman–Crippen MR) is 103 cm³/mol. The summed E-state index contributed by atoms with van der Waals surface area (Å²) in [6, 6.07) is 16.5. The first-order chi connectivity index (χ1) is 11.8. The third-order valence-electron chi connectivity index (χ3n) is 3.58. The fraction of sp³-hybridized carbons (Fsp3) is 0.200. The van der Waals surface area contributed by atoms with Gasteiger partial charge in [0, 0.05) is 22.6 Å². The largest absolute Gasteiger partial charge is 0.360 e. The van der Waals surface area contributed by atoms with E-state index in [-0.39, 0.29) is 11.0 Å². The van der Waals surface area contributed by atoms with Gasteiger partial charge in [0.25, 0.3) is 5.91 Å². The fourth-order valence-corrected chi connectivity index (χ4v) is 2.33. The molecule has 0 radical (unpaired) electrons. The van der Waals surface area contributed by atoms with E-state index < -0.39 is 5.91 Å². The molecule has 2 aromatic rings. The average Bonchev–Trinajstić information content (AvgIpc) is 2.55. The number of nitrogens with zero attached hydrogens (tertiary/aromatic N) is 1. The van der Waals surface area contributed by atoms with Crippen molar-refractivity contribution in [2.75, 3.05) is 10.6 Å². The highest BCUT2D eigenvalue weighted by atomic mass is 35.5. The van der Waals surface area contributed by atoms with E-state index in [4.69, 9.17) is 11.6 Å². The molecule has 25 heavy (non-hydrogen) atoms. The first-order valence-corrected chi connectivity index (χ1v) is 8.21. The summed E-state index contributed by atoms with van der Waals surface area (Å²) in [4.78, 5) is 12.2. The van der Waals surface area contributed by atoms with E-state index >= 15 is 0 Å². The number of amides is 1. The highest BCUT2D eigenvalue weighted by Crippen LogP contribution is 2.23. The SMILES string of the molecule is CC(C)(C)c1ccc(N/C=C(/C#N)C(=O)Nc2cccc(Cl)c2)cc1. The standard InChI is InChI=1S/C20H20ClN3O/c1-20(2,3)15-7-9-17(10-8-15)23-13-14(12-22)19(25)24-18-6-4-5-16(21)11-18/h4-11,13,23H,1-3H3,(H,24,25)/b14-13-. The molecule has 0 atom stereocenters. The van der Waals surface area contributed by atoms with Crippen molar-refractivity contribution in [3.8, 4) is 6.07 Å². The molecule has 0 heterocycles. The second-order valence-electron chi connectivity index (χ2n) is 6.61. The van der Waals surface area contributed by atoms with E-state index in [2.05, 4.69) is 31.4 Å². The topological polar surface area (TPSA) is 64.9 Å². The van der Waals surface area contributed by atoms with Gasteiger partial charge in [-0.15, -0.1) is 0 Å². The van der Waals surface area contributed by atoms with E-state index in [1.807, 2.05) is 30.3 Å². The van der Waals surface area contributed by atoms with Gasteiger partial charge in [-0.05, 0) is 41.3 Å². The lowest BCUT2D eigenvalue weighted by Gasteiger charge is -2.19. The molecule has 0 aliphatic heterocycles. The second-order valence-corrected chi connectivity index (χ2v) is 7.04. The molecule has 0 bridgehead atoms. The van der Waals surface area contributed by atoms with Crippen LogP contribution >= 0.6 is 11.6 Å². The number of benzene rings is 2. The maximum Gasteiger partial charge on any atom is 0.267 e. The molecule has 0 fully saturated rings. The molecule has 0 aliphatic rings. The first kappa shape index (κ1) is 18.6. The van der Waals surface area contributed by atoms with Crippen LogP contribution in [0.15, 0.2) is 60.3 Å². The van der Waals surface area contributed by atoms with Crippen LogP contribution in [0.2, 0.25) is 5.02 Å². The van der Waals surface area contributed by atoms with E-state index in [0.29, 0.717) is 10.7 Å². The Kier molecular flexibility index (Phi) is 5.84. The van der Waals surface area contributed by atoms with Gasteiger partial charge in [-0.25, -0.2) is 0 Å². The first-order valence-electron chi connectivity index (χ1n) is 7.84. The molecule has 1 amide bonds. The number of nitriles is 1. The molecule has 0 aliphatic carbocycles. The average molecular weight is 354 g/mol. The molecule has 2 N–H and O–H groups in total. The van der Waals surface area contributed by atoms with Crippen molar-refractivity contribution in [2.24, 2.45) is 0 Å². The molecule has 128 valence electrons. The van der Waals surface area contributed by atoms with E-state index in [0.717, 1.165) is 5.69 Å². The molecule has 0 spiro atoms. The van der Waals surface area contributed by atoms with Crippen LogP contribution in [0.5, 0.6) is 0 Å². The minimum atomic E-state index is -0.497. The van der Waals surface area contributed by atoms with Crippen molar-refractivity contribution >= 4 is 28.9 Å². The van der Waals surface area contributed by atoms with Crippen molar-refractivity contribution in [2.45, 2.75) is 26.2 Å². The Hall–Kier alpha value is -2.77. The van der Waals surface area contributed by atoms with E-state index in [9.17, 15) is 10.1 Å². The van der Waals surface area contributed by atoms with Crippen LogP contribution < -0.4 is 10.6 Å². The van der Waals surface area contributed by atoms with Crippen molar-refractivity contribution in [1.29, 1.82) is 5.26 Å². The summed E-state index contributed by atoms with van der Waals surface area (Å²) < 4.78 is 0. The Morgan fingerprint density at radius 2 is 1.80 bits per heavy atom. The number of carbonyl (C=O) groups excluding carboxylic acids is 1. The van der Waals surface area contributed by atoms with Crippen molar-refractivity contribution in [1.82, 2.24) is 0 Å². The van der Waals surface area contributed by atoms with Crippen LogP contribution in [0, 0.1) is 11.3 Å². The van der Waals surface area contributed by atoms with Gasteiger partial charge in [-0.3, -0.25) is 4.79 Å². The second kappa shape index (κ2) is 7.87. The summed E-state index contributed by atoms with van der Waals surface area (Å²) >= 11 is 5.88. The highest BCUT2D eigenvalue weighted by molar-refractivity contribution is 6.31. The zero-order chi connectivity index (χ0) is 18.4. The zero-order valence-electron chi connectivity index (χ0n) is 14.4. The number of nitrogens with one attached hydrogen (secondary N) is 2. The van der Waals surface area contributed by atoms with Gasteiger partial charge in [0.2, 0.25) is 0 Å². The summed E-state index contributed by atoms with van der Waals surface area (Å²) in [7, 11) is 0. The normalized spacial score (nSPS) is 11.6. The molecule has 0 saturated heterocycles. The van der Waals surface area contributed by atoms with Gasteiger partial charge >= 0.3 is 0 Å². The van der Waals surface area contributed by atoms with Gasteiger partial charge < -0.3 is 10.6 Å². The summed E-state index contributed by atoms with van der Waals surface area (Å²) in [5.41, 5.74) is 2.59. The van der Waals surface area contributed by atoms with Gasteiger partial charge in [-0.2, -0.15) is 5.26 Å². The Labute approximate surface area is 153 Å². The van der Waals surface area contributed by atoms with Gasteiger partial charge in [0.05, 0.1) is 0 Å². The molecule has 4 nitrogen and oxygen atoms in total. The maximum atomic E-state index is 12.2. The fourth-order valence-electron chi connectivity index (χ4n) is 2.14. The van der Waals surface area contributed by atoms with Gasteiger partial charge in [0.15, 0.2) is 0 Å². The Morgan fingerprint density at radius 1 is 1.12 bits per heavy atom. The lowest BCUT2D eigenvalue weighted by molar-refractivity contribution is -0.112. The minimum Gasteiger partial charge on any atom is -0.360 e. The molecular weight excluding hydrogens is 334 g/mol. The molecular formula is C20H20ClN3O. The maximum absolute atomic E-state index is 12.2. The molecule has 0 saturated carbocycles. The van der Waals surface area contributed by atoms with Gasteiger partial charge in [0.1, 0.15) is 11.6 Å². The minimum absolute atomic E-state index is 0.0279. The number of halogens is 1. The van der Waals surface area contributed by atoms with Crippen LogP contribution in [-0.2, 0) is 10.2 Å². The third-order valence-corrected chi connectivity index (χ3v) is 3.82. The van der Waals surface area contributed by atoms with Crippen LogP contribution in [0.3, 0.4) is 0 Å².